The van der Waals surface area contributed by atoms with Gasteiger partial charge >= 0.3 is 0 Å². The van der Waals surface area contributed by atoms with E-state index < -0.39 is 25.5 Å². The molecule has 1 aliphatic heterocycles. The van der Waals surface area contributed by atoms with Gasteiger partial charge in [-0.15, -0.1) is 6.58 Å². The zero-order valence-corrected chi connectivity index (χ0v) is 24.0. The fourth-order valence-electron chi connectivity index (χ4n) is 5.96. The summed E-state index contributed by atoms with van der Waals surface area (Å²) in [7, 11) is -4.58. The number of nitrogens with zero attached hydrogens (tertiary/aromatic N) is 1. The smallest absolute Gasteiger partial charge is 0.239 e. The zero-order chi connectivity index (χ0) is 24.9. The predicted molar refractivity (Wildman–Crippen MR) is 141 cm³/mol. The standard InChI is InChI=1S/C26H49NO3S2/c1-12-14-15-20(17-31(10,11)24(4,5)6)19(3)23(28)27-22-16-21(13-2)25(7,8)26(22,9)18-32(27,29)30/h12,19-22H,1,13-18H2,2-11H3/t19-,20+,21?,22+,26+/m1/s1. The highest BCUT2D eigenvalue weighted by atomic mass is 32.3. The van der Waals surface area contributed by atoms with E-state index in [9.17, 15) is 13.2 Å². The lowest BCUT2D eigenvalue weighted by molar-refractivity contribution is -0.134. The van der Waals surface area contributed by atoms with Gasteiger partial charge in [0.15, 0.2) is 0 Å². The van der Waals surface area contributed by atoms with Gasteiger partial charge in [-0.3, -0.25) is 4.79 Å². The highest BCUT2D eigenvalue weighted by Gasteiger charge is 2.67. The molecule has 0 bridgehead atoms. The average molecular weight is 488 g/mol. The Morgan fingerprint density at radius 1 is 1.25 bits per heavy atom. The number of hydrogen-bond acceptors (Lipinski definition) is 3. The summed E-state index contributed by atoms with van der Waals surface area (Å²) in [4.78, 5) is 13.9. The molecule has 4 nitrogen and oxygen atoms in total. The van der Waals surface area contributed by atoms with Crippen LogP contribution in [-0.2, 0) is 14.8 Å². The Kier molecular flexibility index (Phi) is 7.75. The summed E-state index contributed by atoms with van der Waals surface area (Å²) in [6.45, 7) is 21.4. The van der Waals surface area contributed by atoms with Crippen LogP contribution in [0, 0.1) is 28.6 Å². The monoisotopic (exact) mass is 487 g/mol. The van der Waals surface area contributed by atoms with E-state index in [0.717, 1.165) is 31.4 Å². The minimum absolute atomic E-state index is 0.0860. The fraction of sp³-hybridized carbons (Fsp3) is 0.885. The van der Waals surface area contributed by atoms with E-state index in [2.05, 4.69) is 67.6 Å². The number of fused-ring (bicyclic) bond motifs is 1. The van der Waals surface area contributed by atoms with Crippen LogP contribution >= 0.6 is 10.0 Å². The van der Waals surface area contributed by atoms with Gasteiger partial charge in [0.25, 0.3) is 0 Å². The van der Waals surface area contributed by atoms with Gasteiger partial charge in [-0.05, 0) is 59.5 Å². The Morgan fingerprint density at radius 2 is 1.81 bits per heavy atom. The molecule has 6 heteroatoms. The molecule has 188 valence electrons. The lowest BCUT2D eigenvalue weighted by atomic mass is 9.65. The minimum atomic E-state index is -3.61. The Hall–Kier alpha value is -0.490. The molecule has 0 spiro atoms. The number of sulfonamides is 1. The van der Waals surface area contributed by atoms with Crippen molar-refractivity contribution >= 4 is 26.0 Å². The van der Waals surface area contributed by atoms with E-state index in [-0.39, 0.29) is 39.7 Å². The Balaban J connectivity index is 2.40. The van der Waals surface area contributed by atoms with Gasteiger partial charge < -0.3 is 0 Å². The van der Waals surface area contributed by atoms with Crippen molar-refractivity contribution in [3.63, 3.8) is 0 Å². The summed E-state index contributed by atoms with van der Waals surface area (Å²) in [6.07, 6.45) is 10.1. The molecule has 1 saturated carbocycles. The number of amides is 1. The molecule has 0 aromatic carbocycles. The highest BCUT2D eigenvalue weighted by Crippen LogP contribution is 2.63. The summed E-state index contributed by atoms with van der Waals surface area (Å²) in [5.41, 5.74) is -0.507. The molecule has 32 heavy (non-hydrogen) atoms. The van der Waals surface area contributed by atoms with Crippen LogP contribution < -0.4 is 0 Å². The maximum absolute atomic E-state index is 13.9. The quantitative estimate of drug-likeness (QED) is 0.390. The molecule has 1 unspecified atom stereocenters. The summed E-state index contributed by atoms with van der Waals surface area (Å²) in [6, 6.07) is -0.217. The Bertz CT molecular complexity index is 825. The van der Waals surface area contributed by atoms with Crippen molar-refractivity contribution in [3.05, 3.63) is 12.7 Å². The van der Waals surface area contributed by atoms with Crippen LogP contribution in [0.4, 0.5) is 0 Å². The van der Waals surface area contributed by atoms with E-state index >= 15 is 0 Å². The second-order valence-electron chi connectivity index (χ2n) is 12.6. The minimum Gasteiger partial charge on any atom is -0.273 e. The number of allylic oxidation sites excluding steroid dienone is 1. The number of carbonyl (C=O) groups is 1. The Labute approximate surface area is 200 Å². The topological polar surface area (TPSA) is 54.5 Å². The van der Waals surface area contributed by atoms with Crippen LogP contribution in [0.25, 0.3) is 0 Å². The van der Waals surface area contributed by atoms with Crippen LogP contribution in [0.3, 0.4) is 0 Å². The third kappa shape index (κ3) is 4.56. The lowest BCUT2D eigenvalue weighted by Gasteiger charge is -2.47. The van der Waals surface area contributed by atoms with Gasteiger partial charge in [0, 0.05) is 11.3 Å². The van der Waals surface area contributed by atoms with E-state index in [1.807, 2.05) is 13.0 Å². The number of hydrogen-bond donors (Lipinski definition) is 0. The second kappa shape index (κ2) is 8.94. The van der Waals surface area contributed by atoms with E-state index in [0.29, 0.717) is 5.92 Å². The molecule has 1 aliphatic carbocycles. The normalized spacial score (nSPS) is 31.8. The maximum atomic E-state index is 13.9. The number of carbonyl (C=O) groups excluding carboxylic acids is 1. The van der Waals surface area contributed by atoms with Crippen molar-refractivity contribution in [1.29, 1.82) is 0 Å². The van der Waals surface area contributed by atoms with Gasteiger partial charge in [-0.25, -0.2) is 22.8 Å². The summed E-state index contributed by atoms with van der Waals surface area (Å²) < 4.78 is 28.3. The molecule has 1 amide bonds. The average Bonchev–Trinajstić information content (AvgIpc) is 2.96. The first-order valence-corrected chi connectivity index (χ1v) is 16.5. The SMILES string of the molecule is C=CCC[C@@H](CS(C)(C)C(C)(C)C)[C@@H](C)C(=O)N1[C@H]2CC(CC)C(C)(C)[C@@]2(C)CS1(=O)=O. The highest BCUT2D eigenvalue weighted by molar-refractivity contribution is 8.33. The first kappa shape index (κ1) is 27.8. The molecule has 2 rings (SSSR count). The molecule has 2 aliphatic rings. The fourth-order valence-corrected chi connectivity index (χ4v) is 10.6. The van der Waals surface area contributed by atoms with Gasteiger partial charge in [0.2, 0.25) is 15.9 Å². The zero-order valence-electron chi connectivity index (χ0n) is 22.3. The molecule has 1 heterocycles. The third-order valence-corrected chi connectivity index (χ3v) is 16.2. The van der Waals surface area contributed by atoms with Crippen LogP contribution in [0.2, 0.25) is 0 Å². The third-order valence-electron chi connectivity index (χ3n) is 9.64. The molecular weight excluding hydrogens is 438 g/mol. The summed E-state index contributed by atoms with van der Waals surface area (Å²) in [5.74, 6) is 1.15. The molecule has 2 fully saturated rings. The predicted octanol–water partition coefficient (Wildman–Crippen LogP) is 6.07. The lowest BCUT2D eigenvalue weighted by Crippen LogP contribution is -2.47. The molecule has 5 atom stereocenters. The van der Waals surface area contributed by atoms with E-state index in [1.165, 1.54) is 4.31 Å². The van der Waals surface area contributed by atoms with Gasteiger partial charge in [0.1, 0.15) is 0 Å². The summed E-state index contributed by atoms with van der Waals surface area (Å²) in [5, 5.41) is 0. The van der Waals surface area contributed by atoms with Crippen LogP contribution in [0.5, 0.6) is 0 Å². The molecule has 0 N–H and O–H groups in total. The van der Waals surface area contributed by atoms with Crippen molar-refractivity contribution in [3.8, 4) is 0 Å². The number of rotatable bonds is 8. The van der Waals surface area contributed by atoms with Crippen LogP contribution in [0.15, 0.2) is 12.7 Å². The first-order valence-electron chi connectivity index (χ1n) is 12.2. The molecule has 1 saturated heterocycles. The largest absolute Gasteiger partial charge is 0.273 e. The van der Waals surface area contributed by atoms with Crippen molar-refractivity contribution < 1.29 is 13.2 Å². The van der Waals surface area contributed by atoms with Crippen molar-refractivity contribution in [2.45, 2.75) is 91.9 Å². The van der Waals surface area contributed by atoms with E-state index in [1.54, 1.807) is 0 Å². The molecule has 0 radical (unpaired) electrons. The second-order valence-corrected chi connectivity index (χ2v) is 19.1. The first-order chi connectivity index (χ1) is 14.4. The van der Waals surface area contributed by atoms with Crippen molar-refractivity contribution in [2.24, 2.45) is 28.6 Å². The maximum Gasteiger partial charge on any atom is 0.239 e. The van der Waals surface area contributed by atoms with Crippen LogP contribution in [0.1, 0.15) is 81.1 Å². The van der Waals surface area contributed by atoms with Crippen molar-refractivity contribution in [1.82, 2.24) is 4.31 Å². The van der Waals surface area contributed by atoms with Gasteiger partial charge in [-0.2, -0.15) is 0 Å². The molecular formula is C26H49NO3S2. The van der Waals surface area contributed by atoms with Gasteiger partial charge in [0.05, 0.1) is 11.8 Å². The van der Waals surface area contributed by atoms with Gasteiger partial charge in [-0.1, -0.05) is 67.9 Å². The van der Waals surface area contributed by atoms with E-state index in [4.69, 9.17) is 0 Å². The Morgan fingerprint density at radius 3 is 2.28 bits per heavy atom. The molecule has 0 aromatic heterocycles. The van der Waals surface area contributed by atoms with Crippen LogP contribution in [-0.4, -0.2) is 53.4 Å². The summed E-state index contributed by atoms with van der Waals surface area (Å²) >= 11 is 0. The molecule has 0 aromatic rings. The van der Waals surface area contributed by atoms with Crippen molar-refractivity contribution in [2.75, 3.05) is 24.0 Å².